The highest BCUT2D eigenvalue weighted by atomic mass is 16.5. The monoisotopic (exact) mass is 480 g/mol. The maximum atomic E-state index is 12.9. The third kappa shape index (κ3) is 5.51. The quantitative estimate of drug-likeness (QED) is 0.453. The van der Waals surface area contributed by atoms with Crippen molar-refractivity contribution in [2.75, 3.05) is 63.8 Å². The van der Waals surface area contributed by atoms with Gasteiger partial charge in [0.25, 0.3) is 0 Å². The van der Waals surface area contributed by atoms with E-state index in [1.165, 1.54) is 0 Å². The maximum Gasteiger partial charge on any atom is 0.356 e. The first-order valence-corrected chi connectivity index (χ1v) is 11.8. The molecule has 9 nitrogen and oxygen atoms in total. The molecule has 0 atom stereocenters. The Hall–Kier alpha value is -3.72. The molecule has 2 aromatic carbocycles. The lowest BCUT2D eigenvalue weighted by atomic mass is 10.2. The molecule has 0 bridgehead atoms. The van der Waals surface area contributed by atoms with E-state index in [2.05, 4.69) is 26.2 Å². The van der Waals surface area contributed by atoms with Crippen LogP contribution in [0.3, 0.4) is 0 Å². The number of nitrogens with zero attached hydrogens (tertiary/aromatic N) is 2. The van der Waals surface area contributed by atoms with Crippen molar-refractivity contribution in [1.82, 2.24) is 9.88 Å². The van der Waals surface area contributed by atoms with Gasteiger partial charge in [-0.15, -0.1) is 0 Å². The first-order chi connectivity index (χ1) is 17.0. The summed E-state index contributed by atoms with van der Waals surface area (Å²) in [4.78, 5) is 33.1. The van der Waals surface area contributed by atoms with E-state index in [1.54, 1.807) is 33.3 Å². The smallest absolute Gasteiger partial charge is 0.356 e. The number of amides is 1. The summed E-state index contributed by atoms with van der Waals surface area (Å²) in [5.41, 5.74) is 2.46. The Balaban J connectivity index is 1.38. The predicted molar refractivity (Wildman–Crippen MR) is 136 cm³/mol. The van der Waals surface area contributed by atoms with Crippen LogP contribution in [0.25, 0.3) is 10.9 Å². The summed E-state index contributed by atoms with van der Waals surface area (Å²) >= 11 is 0. The molecule has 1 aromatic heterocycles. The number of benzene rings is 2. The summed E-state index contributed by atoms with van der Waals surface area (Å²) in [7, 11) is 3.26. The summed E-state index contributed by atoms with van der Waals surface area (Å²) in [5, 5.41) is 3.63. The second kappa shape index (κ2) is 11.1. The van der Waals surface area contributed by atoms with Crippen molar-refractivity contribution >= 4 is 34.2 Å². The van der Waals surface area contributed by atoms with Crippen molar-refractivity contribution in [3.63, 3.8) is 0 Å². The second-order valence-corrected chi connectivity index (χ2v) is 8.31. The van der Waals surface area contributed by atoms with Crippen molar-refractivity contribution in [3.05, 3.63) is 48.2 Å². The van der Waals surface area contributed by atoms with Crippen LogP contribution in [0, 0.1) is 0 Å². The van der Waals surface area contributed by atoms with Gasteiger partial charge in [0.2, 0.25) is 5.91 Å². The first kappa shape index (κ1) is 24.4. The molecule has 2 heterocycles. The molecule has 2 N–H and O–H groups in total. The first-order valence-electron chi connectivity index (χ1n) is 11.8. The average Bonchev–Trinajstić information content (AvgIpc) is 3.25. The van der Waals surface area contributed by atoms with Crippen molar-refractivity contribution in [1.29, 1.82) is 0 Å². The summed E-state index contributed by atoms with van der Waals surface area (Å²) in [5.74, 6) is 0.834. The zero-order chi connectivity index (χ0) is 24.8. The van der Waals surface area contributed by atoms with Crippen LogP contribution in [0.1, 0.15) is 23.8 Å². The van der Waals surface area contributed by atoms with E-state index in [-0.39, 0.29) is 18.2 Å². The molecule has 186 valence electrons. The normalized spacial score (nSPS) is 14.1. The van der Waals surface area contributed by atoms with Crippen LogP contribution in [0.2, 0.25) is 0 Å². The molecule has 1 aliphatic rings. The summed E-state index contributed by atoms with van der Waals surface area (Å²) in [6.07, 6.45) is 0.313. The van der Waals surface area contributed by atoms with E-state index in [0.29, 0.717) is 29.8 Å². The predicted octanol–water partition coefficient (Wildman–Crippen LogP) is 3.51. The number of hydrogen-bond donors (Lipinski definition) is 2. The number of carbonyl (C=O) groups is 2. The van der Waals surface area contributed by atoms with Crippen LogP contribution < -0.4 is 19.7 Å². The molecule has 0 radical (unpaired) electrons. The molecule has 0 aliphatic carbocycles. The Morgan fingerprint density at radius 1 is 1.03 bits per heavy atom. The van der Waals surface area contributed by atoms with Gasteiger partial charge in [0, 0.05) is 50.0 Å². The number of esters is 1. The molecule has 1 saturated heterocycles. The third-order valence-corrected chi connectivity index (χ3v) is 6.20. The average molecular weight is 481 g/mol. The third-order valence-electron chi connectivity index (χ3n) is 6.20. The highest BCUT2D eigenvalue weighted by molar-refractivity contribution is 6.11. The van der Waals surface area contributed by atoms with Gasteiger partial charge < -0.3 is 29.4 Å². The minimum Gasteiger partial charge on any atom is -0.497 e. The van der Waals surface area contributed by atoms with Gasteiger partial charge in [0.15, 0.2) is 0 Å². The van der Waals surface area contributed by atoms with E-state index in [0.717, 1.165) is 43.1 Å². The van der Waals surface area contributed by atoms with E-state index in [4.69, 9.17) is 14.2 Å². The molecule has 1 aliphatic heterocycles. The van der Waals surface area contributed by atoms with Crippen LogP contribution in [-0.2, 0) is 9.53 Å². The number of para-hydroxylation sites is 2. The van der Waals surface area contributed by atoms with E-state index >= 15 is 0 Å². The van der Waals surface area contributed by atoms with Gasteiger partial charge >= 0.3 is 5.97 Å². The van der Waals surface area contributed by atoms with Crippen molar-refractivity contribution in [2.45, 2.75) is 13.3 Å². The van der Waals surface area contributed by atoms with Gasteiger partial charge in [0.1, 0.15) is 17.2 Å². The van der Waals surface area contributed by atoms with Gasteiger partial charge in [-0.1, -0.05) is 12.1 Å². The molecule has 1 amide bonds. The Labute approximate surface area is 204 Å². The molecule has 0 spiro atoms. The number of aromatic amines is 1. The van der Waals surface area contributed by atoms with Gasteiger partial charge in [0.05, 0.1) is 32.2 Å². The standard InChI is InChI=1S/C26H32N4O5/c1-4-35-26(32)25-24(19-17-18(33-2)9-10-20(19)27-25)28-23(31)11-12-29-13-15-30(16-14-29)21-7-5-6-8-22(21)34-3/h5-10,17,27H,4,11-16H2,1-3H3,(H,28,31). The van der Waals surface area contributed by atoms with Crippen molar-refractivity contribution < 1.29 is 23.8 Å². The lowest BCUT2D eigenvalue weighted by Crippen LogP contribution is -2.47. The number of rotatable bonds is 9. The topological polar surface area (TPSA) is 96.1 Å². The number of nitrogens with one attached hydrogen (secondary N) is 2. The highest BCUT2D eigenvalue weighted by Gasteiger charge is 2.23. The summed E-state index contributed by atoms with van der Waals surface area (Å²) < 4.78 is 16.0. The number of ether oxygens (including phenoxy) is 3. The van der Waals surface area contributed by atoms with Crippen LogP contribution in [0.15, 0.2) is 42.5 Å². The number of carbonyl (C=O) groups excluding carboxylic acids is 2. The zero-order valence-electron chi connectivity index (χ0n) is 20.4. The Morgan fingerprint density at radius 3 is 2.51 bits per heavy atom. The second-order valence-electron chi connectivity index (χ2n) is 8.31. The van der Waals surface area contributed by atoms with Crippen molar-refractivity contribution in [2.24, 2.45) is 0 Å². The van der Waals surface area contributed by atoms with Crippen LogP contribution in [-0.4, -0.2) is 75.3 Å². The van der Waals surface area contributed by atoms with Crippen LogP contribution in [0.4, 0.5) is 11.4 Å². The number of H-pyrrole nitrogens is 1. The van der Waals surface area contributed by atoms with Gasteiger partial charge in [-0.25, -0.2) is 4.79 Å². The van der Waals surface area contributed by atoms with Gasteiger partial charge in [-0.05, 0) is 37.3 Å². The SMILES string of the molecule is CCOC(=O)c1[nH]c2ccc(OC)cc2c1NC(=O)CCN1CCN(c2ccccc2OC)CC1. The van der Waals surface area contributed by atoms with Crippen molar-refractivity contribution in [3.8, 4) is 11.5 Å². The number of piperazine rings is 1. The number of methoxy groups -OCH3 is 2. The Bertz CT molecular complexity index is 1180. The van der Waals surface area contributed by atoms with E-state index < -0.39 is 5.97 Å². The Morgan fingerprint density at radius 2 is 1.80 bits per heavy atom. The van der Waals surface area contributed by atoms with Crippen LogP contribution in [0.5, 0.6) is 11.5 Å². The fourth-order valence-corrected chi connectivity index (χ4v) is 4.35. The molecule has 3 aromatic rings. The maximum absolute atomic E-state index is 12.9. The molecule has 1 fully saturated rings. The molecular formula is C26H32N4O5. The van der Waals surface area contributed by atoms with E-state index in [9.17, 15) is 9.59 Å². The molecule has 9 heteroatoms. The zero-order valence-corrected chi connectivity index (χ0v) is 20.4. The van der Waals surface area contributed by atoms with Crippen LogP contribution >= 0.6 is 0 Å². The molecule has 35 heavy (non-hydrogen) atoms. The largest absolute Gasteiger partial charge is 0.497 e. The number of aromatic nitrogens is 1. The molecule has 4 rings (SSSR count). The summed E-state index contributed by atoms with van der Waals surface area (Å²) in [6.45, 7) is 6.04. The molecule has 0 saturated carbocycles. The number of fused-ring (bicyclic) bond motifs is 1. The highest BCUT2D eigenvalue weighted by Crippen LogP contribution is 2.32. The summed E-state index contributed by atoms with van der Waals surface area (Å²) in [6, 6.07) is 13.4. The fraction of sp³-hybridized carbons (Fsp3) is 0.385. The minimum absolute atomic E-state index is 0.161. The number of hydrogen-bond acceptors (Lipinski definition) is 7. The lowest BCUT2D eigenvalue weighted by Gasteiger charge is -2.36. The van der Waals surface area contributed by atoms with E-state index in [1.807, 2.05) is 24.3 Å². The number of anilines is 2. The minimum atomic E-state index is -0.509. The molecule has 0 unspecified atom stereocenters. The molecular weight excluding hydrogens is 448 g/mol. The lowest BCUT2D eigenvalue weighted by molar-refractivity contribution is -0.116. The fourth-order valence-electron chi connectivity index (χ4n) is 4.35. The van der Waals surface area contributed by atoms with Gasteiger partial charge in [-0.3, -0.25) is 9.69 Å². The Kier molecular flexibility index (Phi) is 7.77. The van der Waals surface area contributed by atoms with Gasteiger partial charge in [-0.2, -0.15) is 0 Å².